The Kier molecular flexibility index (Phi) is 3.07. The number of hydrogen-bond donors (Lipinski definition) is 0. The summed E-state index contributed by atoms with van der Waals surface area (Å²) in [4.78, 5) is 11.0. The lowest BCUT2D eigenvalue weighted by Crippen LogP contribution is -1.98. The molecule has 0 heterocycles. The van der Waals surface area contributed by atoms with E-state index in [1.165, 1.54) is 6.07 Å². The molecule has 0 aromatic heterocycles. The molecule has 0 unspecified atom stereocenters. The second kappa shape index (κ2) is 3.90. The van der Waals surface area contributed by atoms with Crippen LogP contribution in [-0.2, 0) is 0 Å². The molecule has 0 aliphatic carbocycles. The number of halogens is 3. The summed E-state index contributed by atoms with van der Waals surface area (Å²) in [5.74, 6) is -1.21. The van der Waals surface area contributed by atoms with Gasteiger partial charge in [-0.15, -0.1) is 0 Å². The number of benzene rings is 1. The molecule has 0 radical (unpaired) electrons. The van der Waals surface area contributed by atoms with Crippen molar-refractivity contribution in [1.29, 1.82) is 0 Å². The number of allylic oxidation sites excluding steroid dienone is 1. The Morgan fingerprint density at radius 1 is 1.38 bits per heavy atom. The molecule has 13 heavy (non-hydrogen) atoms. The Morgan fingerprint density at radius 2 is 1.92 bits per heavy atom. The van der Waals surface area contributed by atoms with Crippen molar-refractivity contribution in [2.45, 2.75) is 0 Å². The van der Waals surface area contributed by atoms with Crippen LogP contribution in [0.2, 0.25) is 10.0 Å². The van der Waals surface area contributed by atoms with Gasteiger partial charge in [-0.1, -0.05) is 29.8 Å². The lowest BCUT2D eigenvalue weighted by Gasteiger charge is -2.00. The Bertz CT molecular complexity index is 374. The van der Waals surface area contributed by atoms with E-state index in [9.17, 15) is 9.18 Å². The summed E-state index contributed by atoms with van der Waals surface area (Å²) in [7, 11) is 0. The van der Waals surface area contributed by atoms with Crippen LogP contribution in [0.5, 0.6) is 0 Å². The van der Waals surface area contributed by atoms with Gasteiger partial charge in [0.15, 0.2) is 5.78 Å². The Balaban J connectivity index is 3.31. The summed E-state index contributed by atoms with van der Waals surface area (Å²) in [5.41, 5.74) is -0.121. The fraction of sp³-hybridized carbons (Fsp3) is 0. The van der Waals surface area contributed by atoms with Crippen molar-refractivity contribution >= 4 is 29.0 Å². The molecule has 0 N–H and O–H groups in total. The van der Waals surface area contributed by atoms with Crippen molar-refractivity contribution in [3.63, 3.8) is 0 Å². The minimum atomic E-state index is -0.695. The van der Waals surface area contributed by atoms with E-state index in [1.807, 2.05) is 0 Å². The van der Waals surface area contributed by atoms with Crippen molar-refractivity contribution in [3.8, 4) is 0 Å². The third-order valence-electron chi connectivity index (χ3n) is 1.46. The Hall–Kier alpha value is -0.860. The average molecular weight is 219 g/mol. The molecule has 0 bridgehead atoms. The van der Waals surface area contributed by atoms with Crippen LogP contribution in [0.25, 0.3) is 0 Å². The maximum atomic E-state index is 13.1. The number of rotatable bonds is 2. The highest BCUT2D eigenvalue weighted by molar-refractivity contribution is 6.42. The fourth-order valence-corrected chi connectivity index (χ4v) is 1.14. The van der Waals surface area contributed by atoms with Crippen LogP contribution in [0.4, 0.5) is 4.39 Å². The van der Waals surface area contributed by atoms with Crippen LogP contribution in [0.3, 0.4) is 0 Å². The molecule has 1 aromatic carbocycles. The topological polar surface area (TPSA) is 17.1 Å². The first-order valence-electron chi connectivity index (χ1n) is 3.37. The van der Waals surface area contributed by atoms with Crippen molar-refractivity contribution in [2.75, 3.05) is 0 Å². The van der Waals surface area contributed by atoms with E-state index in [0.717, 1.165) is 12.1 Å². The molecule has 0 aliphatic heterocycles. The van der Waals surface area contributed by atoms with Crippen molar-refractivity contribution in [2.24, 2.45) is 0 Å². The summed E-state index contributed by atoms with van der Waals surface area (Å²) >= 11 is 11.1. The van der Waals surface area contributed by atoms with Crippen LogP contribution in [-0.4, -0.2) is 5.78 Å². The molecule has 0 aliphatic rings. The Morgan fingerprint density at radius 3 is 2.46 bits per heavy atom. The summed E-state index contributed by atoms with van der Waals surface area (Å²) in [5, 5.41) is 0.230. The Labute approximate surface area is 84.8 Å². The number of hydrogen-bond acceptors (Lipinski definition) is 1. The summed E-state index contributed by atoms with van der Waals surface area (Å²) < 4.78 is 13.1. The molecule has 0 atom stereocenters. The van der Waals surface area contributed by atoms with E-state index in [2.05, 4.69) is 6.58 Å². The lowest BCUT2D eigenvalue weighted by molar-refractivity contribution is 0.104. The molecule has 68 valence electrons. The monoisotopic (exact) mass is 218 g/mol. The van der Waals surface area contributed by atoms with E-state index >= 15 is 0 Å². The van der Waals surface area contributed by atoms with Crippen molar-refractivity contribution in [1.82, 2.24) is 0 Å². The molecular formula is C9H5Cl2FO. The third-order valence-corrected chi connectivity index (χ3v) is 2.18. The first kappa shape index (κ1) is 10.2. The van der Waals surface area contributed by atoms with E-state index < -0.39 is 11.6 Å². The lowest BCUT2D eigenvalue weighted by atomic mass is 10.1. The minimum absolute atomic E-state index is 0.0831. The van der Waals surface area contributed by atoms with Gasteiger partial charge in [0.25, 0.3) is 0 Å². The first-order valence-corrected chi connectivity index (χ1v) is 4.13. The van der Waals surface area contributed by atoms with Crippen molar-refractivity contribution < 1.29 is 9.18 Å². The van der Waals surface area contributed by atoms with Gasteiger partial charge in [-0.2, -0.15) is 0 Å². The molecule has 1 nitrogen and oxygen atoms in total. The second-order valence-electron chi connectivity index (χ2n) is 2.31. The molecule has 4 heteroatoms. The van der Waals surface area contributed by atoms with Gasteiger partial charge in [0.2, 0.25) is 0 Å². The minimum Gasteiger partial charge on any atom is -0.289 e. The van der Waals surface area contributed by atoms with Gasteiger partial charge in [-0.25, -0.2) is 4.39 Å². The van der Waals surface area contributed by atoms with Crippen LogP contribution >= 0.6 is 23.2 Å². The zero-order chi connectivity index (χ0) is 10.0. The highest BCUT2D eigenvalue weighted by Crippen LogP contribution is 2.25. The molecule has 0 fully saturated rings. The molecule has 1 rings (SSSR count). The van der Waals surface area contributed by atoms with Crippen LogP contribution < -0.4 is 0 Å². The summed E-state index contributed by atoms with van der Waals surface area (Å²) in [6, 6.07) is 2.18. The van der Waals surface area contributed by atoms with E-state index in [0.29, 0.717) is 0 Å². The number of carbonyl (C=O) groups excluding carboxylic acids is 1. The number of carbonyl (C=O) groups is 1. The predicted octanol–water partition coefficient (Wildman–Crippen LogP) is 3.50. The maximum Gasteiger partial charge on any atom is 0.188 e. The van der Waals surface area contributed by atoms with Crippen LogP contribution in [0, 0.1) is 5.82 Å². The van der Waals surface area contributed by atoms with Crippen LogP contribution in [0.1, 0.15) is 10.4 Å². The quantitative estimate of drug-likeness (QED) is 0.422. The second-order valence-corrected chi connectivity index (χ2v) is 3.13. The van der Waals surface area contributed by atoms with Gasteiger partial charge in [0, 0.05) is 0 Å². The van der Waals surface area contributed by atoms with Gasteiger partial charge in [-0.3, -0.25) is 4.79 Å². The van der Waals surface area contributed by atoms with Gasteiger partial charge >= 0.3 is 0 Å². The average Bonchev–Trinajstić information content (AvgIpc) is 2.10. The predicted molar refractivity (Wildman–Crippen MR) is 50.9 cm³/mol. The molecular weight excluding hydrogens is 214 g/mol. The highest BCUT2D eigenvalue weighted by Gasteiger charge is 2.11. The summed E-state index contributed by atoms with van der Waals surface area (Å²) in [6.07, 6.45) is 1.02. The molecule has 0 saturated heterocycles. The third kappa shape index (κ3) is 2.08. The van der Waals surface area contributed by atoms with Crippen LogP contribution in [0.15, 0.2) is 24.8 Å². The normalized spacial score (nSPS) is 9.77. The summed E-state index contributed by atoms with van der Waals surface area (Å²) in [6.45, 7) is 3.24. The molecule has 0 spiro atoms. The smallest absolute Gasteiger partial charge is 0.188 e. The maximum absolute atomic E-state index is 13.1. The standard InChI is InChI=1S/C9H5Cl2FO/c1-2-9(13)5-3-6(10)7(11)4-8(5)12/h2-4H,1H2. The zero-order valence-electron chi connectivity index (χ0n) is 6.48. The highest BCUT2D eigenvalue weighted by atomic mass is 35.5. The fourth-order valence-electron chi connectivity index (χ4n) is 0.821. The van der Waals surface area contributed by atoms with E-state index in [1.54, 1.807) is 0 Å². The van der Waals surface area contributed by atoms with Gasteiger partial charge < -0.3 is 0 Å². The van der Waals surface area contributed by atoms with Crippen molar-refractivity contribution in [3.05, 3.63) is 46.2 Å². The van der Waals surface area contributed by atoms with E-state index in [-0.39, 0.29) is 15.6 Å². The van der Waals surface area contributed by atoms with Gasteiger partial charge in [-0.05, 0) is 18.2 Å². The van der Waals surface area contributed by atoms with Gasteiger partial charge in [0.1, 0.15) is 5.82 Å². The molecule has 0 amide bonds. The zero-order valence-corrected chi connectivity index (χ0v) is 7.99. The largest absolute Gasteiger partial charge is 0.289 e. The SMILES string of the molecule is C=CC(=O)c1cc(Cl)c(Cl)cc1F. The van der Waals surface area contributed by atoms with E-state index in [4.69, 9.17) is 23.2 Å². The molecule has 0 saturated carbocycles. The number of ketones is 1. The first-order chi connectivity index (χ1) is 6.06. The molecule has 1 aromatic rings. The van der Waals surface area contributed by atoms with Gasteiger partial charge in [0.05, 0.1) is 15.6 Å².